The number of hydrogen-bond acceptors (Lipinski definition) is 6. The van der Waals surface area contributed by atoms with Crippen molar-refractivity contribution < 1.29 is 8.42 Å². The molecule has 0 amide bonds. The summed E-state index contributed by atoms with van der Waals surface area (Å²) in [5.74, 6) is 1.65. The molecule has 2 aliphatic heterocycles. The van der Waals surface area contributed by atoms with Crippen LogP contribution in [0, 0.1) is 0 Å². The number of nitrogens with one attached hydrogen (secondary N) is 1. The van der Waals surface area contributed by atoms with Gasteiger partial charge in [0, 0.05) is 51.1 Å². The molecule has 7 nitrogen and oxygen atoms in total. The first-order chi connectivity index (χ1) is 13.0. The number of aromatic nitrogens is 2. The van der Waals surface area contributed by atoms with Crippen molar-refractivity contribution in [3.63, 3.8) is 0 Å². The van der Waals surface area contributed by atoms with Crippen molar-refractivity contribution in [1.82, 2.24) is 19.2 Å². The number of fused-ring (bicyclic) bond motifs is 1. The Morgan fingerprint density at radius 2 is 1.93 bits per heavy atom. The molecule has 1 saturated heterocycles. The molecule has 3 heterocycles. The number of anilines is 1. The van der Waals surface area contributed by atoms with E-state index in [-0.39, 0.29) is 5.92 Å². The van der Waals surface area contributed by atoms with Crippen molar-refractivity contribution in [2.45, 2.75) is 30.2 Å². The van der Waals surface area contributed by atoms with Gasteiger partial charge in [0.15, 0.2) is 0 Å². The maximum Gasteiger partial charge on any atom is 0.243 e. The fraction of sp³-hybridized carbons (Fsp3) is 0.474. The van der Waals surface area contributed by atoms with E-state index in [0.717, 1.165) is 48.8 Å². The van der Waals surface area contributed by atoms with Crippen LogP contribution in [-0.2, 0) is 23.0 Å². The molecule has 1 aromatic heterocycles. The summed E-state index contributed by atoms with van der Waals surface area (Å²) in [6.07, 6.45) is 1.64. The lowest BCUT2D eigenvalue weighted by atomic mass is 10.0. The highest BCUT2D eigenvalue weighted by atomic mass is 32.2. The monoisotopic (exact) mass is 387 g/mol. The molecule has 27 heavy (non-hydrogen) atoms. The van der Waals surface area contributed by atoms with Gasteiger partial charge in [0.2, 0.25) is 10.0 Å². The topological polar surface area (TPSA) is 78.4 Å². The second-order valence-electron chi connectivity index (χ2n) is 7.26. The number of sulfonamides is 1. The molecule has 1 atom stereocenters. The van der Waals surface area contributed by atoms with Gasteiger partial charge in [-0.2, -0.15) is 4.31 Å². The van der Waals surface area contributed by atoms with E-state index < -0.39 is 10.0 Å². The van der Waals surface area contributed by atoms with Crippen LogP contribution in [0.4, 0.5) is 5.82 Å². The Balaban J connectivity index is 1.59. The molecule has 0 radical (unpaired) electrons. The summed E-state index contributed by atoms with van der Waals surface area (Å²) in [6.45, 7) is 2.75. The Morgan fingerprint density at radius 1 is 1.15 bits per heavy atom. The lowest BCUT2D eigenvalue weighted by molar-refractivity contribution is 0.309. The highest BCUT2D eigenvalue weighted by Crippen LogP contribution is 2.32. The number of benzene rings is 1. The normalized spacial score (nSPS) is 21.2. The highest BCUT2D eigenvalue weighted by Gasteiger charge is 2.35. The molecule has 0 bridgehead atoms. The van der Waals surface area contributed by atoms with Gasteiger partial charge in [-0.25, -0.2) is 18.4 Å². The van der Waals surface area contributed by atoms with Gasteiger partial charge < -0.3 is 10.2 Å². The minimum atomic E-state index is -3.46. The number of likely N-dealkylation sites (N-methyl/N-ethyl adjacent to an activating group) is 1. The molecule has 0 spiro atoms. The predicted molar refractivity (Wildman–Crippen MR) is 104 cm³/mol. The maximum absolute atomic E-state index is 12.9. The van der Waals surface area contributed by atoms with Crippen LogP contribution in [0.15, 0.2) is 35.2 Å². The van der Waals surface area contributed by atoms with E-state index in [1.807, 2.05) is 13.1 Å². The predicted octanol–water partition coefficient (Wildman–Crippen LogP) is 1.68. The van der Waals surface area contributed by atoms with Gasteiger partial charge in [0.25, 0.3) is 0 Å². The molecule has 0 aliphatic carbocycles. The van der Waals surface area contributed by atoms with Crippen LogP contribution in [0.1, 0.15) is 29.4 Å². The van der Waals surface area contributed by atoms with Crippen LogP contribution in [0.3, 0.4) is 0 Å². The minimum absolute atomic E-state index is 0.0283. The van der Waals surface area contributed by atoms with Crippen LogP contribution < -0.4 is 5.32 Å². The zero-order valence-corrected chi connectivity index (χ0v) is 16.5. The van der Waals surface area contributed by atoms with Gasteiger partial charge in [-0.1, -0.05) is 18.2 Å². The fourth-order valence-corrected chi connectivity index (χ4v) is 5.38. The molecule has 8 heteroatoms. The molecule has 144 valence electrons. The summed E-state index contributed by atoms with van der Waals surface area (Å²) in [5, 5.41) is 3.20. The average Bonchev–Trinajstić information content (AvgIpc) is 3.19. The molecule has 1 N–H and O–H groups in total. The Morgan fingerprint density at radius 3 is 2.67 bits per heavy atom. The lowest BCUT2D eigenvalue weighted by Gasteiger charge is -2.26. The zero-order valence-electron chi connectivity index (χ0n) is 15.7. The van der Waals surface area contributed by atoms with E-state index in [1.165, 1.54) is 0 Å². The smallest absolute Gasteiger partial charge is 0.243 e. The zero-order chi connectivity index (χ0) is 19.0. The fourth-order valence-electron chi connectivity index (χ4n) is 3.86. The third-order valence-corrected chi connectivity index (χ3v) is 7.28. The van der Waals surface area contributed by atoms with Crippen molar-refractivity contribution in [1.29, 1.82) is 0 Å². The first-order valence-electron chi connectivity index (χ1n) is 9.30. The van der Waals surface area contributed by atoms with Gasteiger partial charge in [0.1, 0.15) is 11.6 Å². The van der Waals surface area contributed by atoms with Crippen molar-refractivity contribution >= 4 is 15.8 Å². The third-order valence-electron chi connectivity index (χ3n) is 5.40. The molecule has 4 rings (SSSR count). The van der Waals surface area contributed by atoms with Crippen LogP contribution in [0.25, 0.3) is 0 Å². The summed E-state index contributed by atoms with van der Waals surface area (Å²) >= 11 is 0. The summed E-state index contributed by atoms with van der Waals surface area (Å²) in [7, 11) is 0.509. The van der Waals surface area contributed by atoms with Gasteiger partial charge in [-0.05, 0) is 25.6 Å². The van der Waals surface area contributed by atoms with Gasteiger partial charge in [-0.15, -0.1) is 0 Å². The molecule has 0 unspecified atom stereocenters. The molecule has 1 aromatic carbocycles. The number of nitrogens with zero attached hydrogens (tertiary/aromatic N) is 4. The lowest BCUT2D eigenvalue weighted by Crippen LogP contribution is -2.30. The maximum atomic E-state index is 12.9. The van der Waals surface area contributed by atoms with Crippen molar-refractivity contribution in [2.75, 3.05) is 39.0 Å². The SMILES string of the molecule is CNc1nc([C@@H]2CCN(S(=O)(=O)c3ccccc3)C2)nc2c1CN(C)CC2. The van der Waals surface area contributed by atoms with Crippen molar-refractivity contribution in [2.24, 2.45) is 0 Å². The molecule has 0 saturated carbocycles. The van der Waals surface area contributed by atoms with Gasteiger partial charge in [0.05, 0.1) is 10.6 Å². The highest BCUT2D eigenvalue weighted by molar-refractivity contribution is 7.89. The van der Waals surface area contributed by atoms with Crippen LogP contribution >= 0.6 is 0 Å². The van der Waals surface area contributed by atoms with E-state index in [1.54, 1.807) is 28.6 Å². The summed E-state index contributed by atoms with van der Waals surface area (Å²) in [4.78, 5) is 12.2. The summed E-state index contributed by atoms with van der Waals surface area (Å²) in [6, 6.07) is 8.62. The third kappa shape index (κ3) is 3.44. The second kappa shape index (κ2) is 7.18. The first kappa shape index (κ1) is 18.3. The first-order valence-corrected chi connectivity index (χ1v) is 10.7. The standard InChI is InChI=1S/C19H25N5O2S/c1-20-19-16-13-23(2)10-9-17(16)21-18(22-19)14-8-11-24(12-14)27(25,26)15-6-4-3-5-7-15/h3-7,14H,8-13H2,1-2H3,(H,20,21,22)/t14-/m1/s1. The minimum Gasteiger partial charge on any atom is -0.373 e. The van der Waals surface area contributed by atoms with Crippen molar-refractivity contribution in [3.8, 4) is 0 Å². The second-order valence-corrected chi connectivity index (χ2v) is 9.19. The van der Waals surface area contributed by atoms with E-state index in [4.69, 9.17) is 9.97 Å². The van der Waals surface area contributed by atoms with E-state index in [0.29, 0.717) is 18.0 Å². The van der Waals surface area contributed by atoms with Gasteiger partial charge in [-0.3, -0.25) is 0 Å². The van der Waals surface area contributed by atoms with E-state index >= 15 is 0 Å². The van der Waals surface area contributed by atoms with Crippen LogP contribution in [-0.4, -0.2) is 61.3 Å². The summed E-state index contributed by atoms with van der Waals surface area (Å²) in [5.41, 5.74) is 2.24. The van der Waals surface area contributed by atoms with Gasteiger partial charge >= 0.3 is 0 Å². The van der Waals surface area contributed by atoms with Crippen LogP contribution in [0.5, 0.6) is 0 Å². The molecular formula is C19H25N5O2S. The Labute approximate surface area is 160 Å². The molecule has 2 aliphatic rings. The average molecular weight is 388 g/mol. The Bertz CT molecular complexity index is 915. The Hall–Kier alpha value is -2.03. The molecular weight excluding hydrogens is 362 g/mol. The van der Waals surface area contributed by atoms with E-state index in [2.05, 4.69) is 17.3 Å². The number of rotatable bonds is 4. The Kier molecular flexibility index (Phi) is 4.88. The summed E-state index contributed by atoms with van der Waals surface area (Å²) < 4.78 is 27.3. The molecule has 2 aromatic rings. The quantitative estimate of drug-likeness (QED) is 0.860. The van der Waals surface area contributed by atoms with Crippen molar-refractivity contribution in [3.05, 3.63) is 47.4 Å². The molecule has 1 fully saturated rings. The van der Waals surface area contributed by atoms with E-state index in [9.17, 15) is 8.42 Å². The largest absolute Gasteiger partial charge is 0.373 e. The number of hydrogen-bond donors (Lipinski definition) is 1. The van der Waals surface area contributed by atoms with Crippen LogP contribution in [0.2, 0.25) is 0 Å².